The first-order valence-corrected chi connectivity index (χ1v) is 6.73. The summed E-state index contributed by atoms with van der Waals surface area (Å²) in [5.41, 5.74) is 1.70. The van der Waals surface area contributed by atoms with Crippen molar-refractivity contribution in [2.24, 2.45) is 0 Å². The van der Waals surface area contributed by atoms with Gasteiger partial charge >= 0.3 is 0 Å². The molecule has 2 aromatic rings. The lowest BCUT2D eigenvalue weighted by atomic mass is 10.1. The number of hydrogen-bond donors (Lipinski definition) is 0. The molecule has 0 unspecified atom stereocenters. The second kappa shape index (κ2) is 6.02. The first-order valence-electron chi connectivity index (χ1n) is 5.93. The summed E-state index contributed by atoms with van der Waals surface area (Å²) in [5.74, 6) is 2.31. The molecule has 0 aliphatic rings. The Morgan fingerprint density at radius 1 is 1.11 bits per heavy atom. The number of halogens is 1. The lowest BCUT2D eigenvalue weighted by molar-refractivity contribution is 0.404. The Bertz CT molecular complexity index is 588. The number of aromatic nitrogens is 2. The molecule has 0 amide bonds. The van der Waals surface area contributed by atoms with Gasteiger partial charge in [0.2, 0.25) is 0 Å². The summed E-state index contributed by atoms with van der Waals surface area (Å²) in [7, 11) is 3.28. The summed E-state index contributed by atoms with van der Waals surface area (Å²) in [6.45, 7) is 2.02. The molecule has 0 radical (unpaired) electrons. The fourth-order valence-electron chi connectivity index (χ4n) is 1.78. The van der Waals surface area contributed by atoms with Crippen LogP contribution in [0, 0.1) is 0 Å². The molecule has 0 saturated heterocycles. The Morgan fingerprint density at radius 2 is 1.89 bits per heavy atom. The Balaban J connectivity index is 2.59. The normalized spacial score (nSPS) is 10.3. The summed E-state index contributed by atoms with van der Waals surface area (Å²) < 4.78 is 11.4. The van der Waals surface area contributed by atoms with Crippen LogP contribution in [-0.4, -0.2) is 24.2 Å². The topological polar surface area (TPSA) is 44.2 Å². The molecule has 0 fully saturated rings. The van der Waals surface area contributed by atoms with Crippen LogP contribution in [0.5, 0.6) is 11.5 Å². The van der Waals surface area contributed by atoms with E-state index in [1.54, 1.807) is 14.2 Å². The highest BCUT2D eigenvalue weighted by molar-refractivity contribution is 9.10. The van der Waals surface area contributed by atoms with Gasteiger partial charge in [0.05, 0.1) is 19.9 Å². The molecule has 100 valence electrons. The van der Waals surface area contributed by atoms with E-state index in [-0.39, 0.29) is 0 Å². The molecule has 1 aromatic carbocycles. The molecule has 2 rings (SSSR count). The van der Waals surface area contributed by atoms with Gasteiger partial charge in [-0.15, -0.1) is 0 Å². The van der Waals surface area contributed by atoms with Gasteiger partial charge in [0.15, 0.2) is 0 Å². The molecule has 4 nitrogen and oxygen atoms in total. The minimum Gasteiger partial charge on any atom is -0.497 e. The molecule has 0 N–H and O–H groups in total. The van der Waals surface area contributed by atoms with Crippen LogP contribution in [0.15, 0.2) is 28.9 Å². The monoisotopic (exact) mass is 322 g/mol. The first kappa shape index (κ1) is 13.8. The van der Waals surface area contributed by atoms with E-state index < -0.39 is 0 Å². The highest BCUT2D eigenvalue weighted by Crippen LogP contribution is 2.33. The summed E-state index contributed by atoms with van der Waals surface area (Å²) >= 11 is 3.41. The third kappa shape index (κ3) is 3.04. The van der Waals surface area contributed by atoms with Gasteiger partial charge in [-0.2, -0.15) is 0 Å². The van der Waals surface area contributed by atoms with Crippen LogP contribution in [0.4, 0.5) is 0 Å². The van der Waals surface area contributed by atoms with Crippen LogP contribution < -0.4 is 9.47 Å². The van der Waals surface area contributed by atoms with Gasteiger partial charge in [0, 0.05) is 12.0 Å². The van der Waals surface area contributed by atoms with E-state index in [2.05, 4.69) is 25.9 Å². The Hall–Kier alpha value is -1.62. The summed E-state index contributed by atoms with van der Waals surface area (Å²) in [5, 5.41) is 0. The van der Waals surface area contributed by atoms with Gasteiger partial charge in [-0.25, -0.2) is 9.97 Å². The van der Waals surface area contributed by atoms with E-state index in [4.69, 9.17) is 9.47 Å². The first-order chi connectivity index (χ1) is 9.17. The Labute approximate surface area is 120 Å². The number of ether oxygens (including phenoxy) is 2. The van der Waals surface area contributed by atoms with Gasteiger partial charge in [-0.05, 0) is 40.2 Å². The van der Waals surface area contributed by atoms with Crippen LogP contribution in [0.3, 0.4) is 0 Å². The molecule has 19 heavy (non-hydrogen) atoms. The average Bonchev–Trinajstić information content (AvgIpc) is 2.45. The second-order valence-electron chi connectivity index (χ2n) is 3.91. The van der Waals surface area contributed by atoms with Gasteiger partial charge in [-0.1, -0.05) is 6.92 Å². The van der Waals surface area contributed by atoms with Crippen LogP contribution in [-0.2, 0) is 6.42 Å². The largest absolute Gasteiger partial charge is 0.497 e. The number of rotatable bonds is 4. The van der Waals surface area contributed by atoms with Crippen molar-refractivity contribution < 1.29 is 9.47 Å². The summed E-state index contributed by atoms with van der Waals surface area (Å²) in [4.78, 5) is 8.84. The third-order valence-corrected chi connectivity index (χ3v) is 3.15. The van der Waals surface area contributed by atoms with Crippen molar-refractivity contribution in [3.05, 3.63) is 34.7 Å². The number of aryl methyl sites for hydroxylation is 1. The van der Waals surface area contributed by atoms with Crippen molar-refractivity contribution in [3.8, 4) is 22.8 Å². The summed E-state index contributed by atoms with van der Waals surface area (Å²) in [6.07, 6.45) is 0.777. The molecule has 5 heteroatoms. The molecule has 0 atom stereocenters. The van der Waals surface area contributed by atoms with Gasteiger partial charge in [-0.3, -0.25) is 0 Å². The van der Waals surface area contributed by atoms with Crippen LogP contribution in [0.2, 0.25) is 0 Å². The quantitative estimate of drug-likeness (QED) is 0.808. The van der Waals surface area contributed by atoms with Gasteiger partial charge < -0.3 is 9.47 Å². The van der Waals surface area contributed by atoms with E-state index in [0.29, 0.717) is 0 Å². The minimum absolute atomic E-state index is 0.758. The molecule has 0 saturated carbocycles. The smallest absolute Gasteiger partial charge is 0.130 e. The van der Waals surface area contributed by atoms with Crippen molar-refractivity contribution in [2.45, 2.75) is 13.3 Å². The zero-order valence-electron chi connectivity index (χ0n) is 11.1. The number of nitrogens with zero attached hydrogens (tertiary/aromatic N) is 2. The minimum atomic E-state index is 0.758. The van der Waals surface area contributed by atoms with E-state index >= 15 is 0 Å². The predicted octanol–water partition coefficient (Wildman–Crippen LogP) is 3.49. The maximum absolute atomic E-state index is 5.38. The van der Waals surface area contributed by atoms with E-state index in [0.717, 1.165) is 39.6 Å². The number of methoxy groups -OCH3 is 2. The molecular weight excluding hydrogens is 308 g/mol. The number of benzene rings is 1. The average molecular weight is 323 g/mol. The second-order valence-corrected chi connectivity index (χ2v) is 4.72. The number of hydrogen-bond acceptors (Lipinski definition) is 4. The summed E-state index contributed by atoms with van der Waals surface area (Å²) in [6, 6.07) is 7.51. The van der Waals surface area contributed by atoms with Crippen molar-refractivity contribution in [2.75, 3.05) is 14.2 Å². The van der Waals surface area contributed by atoms with Crippen LogP contribution in [0.25, 0.3) is 11.3 Å². The van der Waals surface area contributed by atoms with Crippen molar-refractivity contribution in [3.63, 3.8) is 0 Å². The molecule has 0 aliphatic carbocycles. The molecule has 0 aliphatic heterocycles. The van der Waals surface area contributed by atoms with E-state index in [9.17, 15) is 0 Å². The van der Waals surface area contributed by atoms with Crippen molar-refractivity contribution >= 4 is 15.9 Å². The zero-order valence-corrected chi connectivity index (χ0v) is 12.7. The fraction of sp³-hybridized carbons (Fsp3) is 0.286. The van der Waals surface area contributed by atoms with Crippen molar-refractivity contribution in [1.82, 2.24) is 9.97 Å². The van der Waals surface area contributed by atoms with Crippen LogP contribution in [0.1, 0.15) is 12.7 Å². The van der Waals surface area contributed by atoms with E-state index in [1.807, 2.05) is 31.2 Å². The van der Waals surface area contributed by atoms with Gasteiger partial charge in [0.25, 0.3) is 0 Å². The predicted molar refractivity (Wildman–Crippen MR) is 77.7 cm³/mol. The molecule has 1 heterocycles. The van der Waals surface area contributed by atoms with Crippen molar-refractivity contribution in [1.29, 1.82) is 0 Å². The molecule has 0 spiro atoms. The Morgan fingerprint density at radius 3 is 2.53 bits per heavy atom. The molecule has 0 bridgehead atoms. The zero-order chi connectivity index (χ0) is 13.8. The van der Waals surface area contributed by atoms with Crippen LogP contribution >= 0.6 is 15.9 Å². The lowest BCUT2D eigenvalue weighted by Crippen LogP contribution is -1.97. The SMILES string of the molecule is CCc1nc(Br)cc(-c2cc(OC)ccc2OC)n1. The molecular formula is C14H15BrN2O2. The third-order valence-electron chi connectivity index (χ3n) is 2.74. The Kier molecular flexibility index (Phi) is 4.37. The highest BCUT2D eigenvalue weighted by Gasteiger charge is 2.11. The lowest BCUT2D eigenvalue weighted by Gasteiger charge is -2.11. The fourth-order valence-corrected chi connectivity index (χ4v) is 2.20. The van der Waals surface area contributed by atoms with Gasteiger partial charge in [0.1, 0.15) is 21.9 Å². The molecule has 1 aromatic heterocycles. The maximum atomic E-state index is 5.38. The van der Waals surface area contributed by atoms with E-state index in [1.165, 1.54) is 0 Å². The maximum Gasteiger partial charge on any atom is 0.130 e. The highest BCUT2D eigenvalue weighted by atomic mass is 79.9. The standard InChI is InChI=1S/C14H15BrN2O2/c1-4-14-16-11(8-13(15)17-14)10-7-9(18-2)5-6-12(10)19-3/h5-8H,4H2,1-3H3.